The van der Waals surface area contributed by atoms with Crippen LogP contribution in [0.1, 0.15) is 4.88 Å². The summed E-state index contributed by atoms with van der Waals surface area (Å²) in [5.74, 6) is 0.878. The van der Waals surface area contributed by atoms with Crippen LogP contribution in [-0.4, -0.2) is 26.3 Å². The lowest BCUT2D eigenvalue weighted by Crippen LogP contribution is -2.22. The van der Waals surface area contributed by atoms with Crippen molar-refractivity contribution >= 4 is 35.2 Å². The standard InChI is InChI=1S/C16H17ClN4S2/c1-19(10-13-8-9-14(17)23-13)11-21-16(22)20(2)15(18-21)12-6-4-3-5-7-12/h3-9H,10-11H2,1-2H3. The predicted molar refractivity (Wildman–Crippen MR) is 98.3 cm³/mol. The van der Waals surface area contributed by atoms with Gasteiger partial charge in [0, 0.05) is 24.0 Å². The zero-order valence-electron chi connectivity index (χ0n) is 12.9. The Morgan fingerprint density at radius 2 is 1.96 bits per heavy atom. The molecule has 23 heavy (non-hydrogen) atoms. The molecule has 4 nitrogen and oxygen atoms in total. The van der Waals surface area contributed by atoms with Gasteiger partial charge >= 0.3 is 0 Å². The molecule has 0 saturated carbocycles. The third-order valence-electron chi connectivity index (χ3n) is 3.50. The second-order valence-corrected chi connectivity index (χ2v) is 7.56. The van der Waals surface area contributed by atoms with Gasteiger partial charge in [0.1, 0.15) is 0 Å². The van der Waals surface area contributed by atoms with Gasteiger partial charge in [0.25, 0.3) is 0 Å². The molecule has 0 N–H and O–H groups in total. The number of rotatable bonds is 5. The summed E-state index contributed by atoms with van der Waals surface area (Å²) in [5.41, 5.74) is 1.06. The summed E-state index contributed by atoms with van der Waals surface area (Å²) in [6.07, 6.45) is 0. The first kappa shape index (κ1) is 16.4. The van der Waals surface area contributed by atoms with Crippen LogP contribution in [0.4, 0.5) is 0 Å². The Kier molecular flexibility index (Phi) is 4.96. The highest BCUT2D eigenvalue weighted by atomic mass is 35.5. The Balaban J connectivity index is 1.79. The normalized spacial score (nSPS) is 11.3. The van der Waals surface area contributed by atoms with E-state index in [1.807, 2.05) is 59.7 Å². The number of aromatic nitrogens is 3. The van der Waals surface area contributed by atoms with E-state index in [-0.39, 0.29) is 0 Å². The predicted octanol–water partition coefficient (Wildman–Crippen LogP) is 4.42. The molecule has 0 atom stereocenters. The largest absolute Gasteiger partial charge is 0.303 e. The van der Waals surface area contributed by atoms with Gasteiger partial charge in [-0.15, -0.1) is 11.3 Å². The lowest BCUT2D eigenvalue weighted by atomic mass is 10.2. The van der Waals surface area contributed by atoms with Crippen LogP contribution in [-0.2, 0) is 20.3 Å². The molecular formula is C16H17ClN4S2. The molecule has 1 aromatic carbocycles. The highest BCUT2D eigenvalue weighted by Gasteiger charge is 2.11. The second kappa shape index (κ2) is 6.97. The van der Waals surface area contributed by atoms with Crippen molar-refractivity contribution in [3.05, 3.63) is 56.4 Å². The zero-order chi connectivity index (χ0) is 16.4. The second-order valence-electron chi connectivity index (χ2n) is 5.39. The van der Waals surface area contributed by atoms with Crippen LogP contribution in [0.5, 0.6) is 0 Å². The molecule has 0 aliphatic heterocycles. The summed E-state index contributed by atoms with van der Waals surface area (Å²) in [5, 5.41) is 4.68. The Morgan fingerprint density at radius 1 is 1.22 bits per heavy atom. The molecule has 0 fully saturated rings. The average molecular weight is 365 g/mol. The molecule has 0 aliphatic carbocycles. The third kappa shape index (κ3) is 3.72. The molecule has 0 aliphatic rings. The number of hydrogen-bond donors (Lipinski definition) is 0. The fraction of sp³-hybridized carbons (Fsp3) is 0.250. The van der Waals surface area contributed by atoms with Crippen LogP contribution in [0, 0.1) is 4.77 Å². The average Bonchev–Trinajstić information content (AvgIpc) is 3.06. The monoisotopic (exact) mass is 364 g/mol. The van der Waals surface area contributed by atoms with Crippen LogP contribution >= 0.6 is 35.2 Å². The number of nitrogens with zero attached hydrogens (tertiary/aromatic N) is 4. The molecule has 0 amide bonds. The van der Waals surface area contributed by atoms with Gasteiger partial charge < -0.3 is 4.57 Å². The van der Waals surface area contributed by atoms with Crippen molar-refractivity contribution in [1.82, 2.24) is 19.2 Å². The van der Waals surface area contributed by atoms with E-state index in [1.165, 1.54) is 4.88 Å². The molecule has 0 bridgehead atoms. The molecule has 0 spiro atoms. The third-order valence-corrected chi connectivity index (χ3v) is 5.20. The minimum absolute atomic E-state index is 0.634. The van der Waals surface area contributed by atoms with Gasteiger partial charge in [0.15, 0.2) is 10.6 Å². The van der Waals surface area contributed by atoms with Gasteiger partial charge in [0.05, 0.1) is 11.0 Å². The maximum absolute atomic E-state index is 5.98. The van der Waals surface area contributed by atoms with Crippen molar-refractivity contribution in [2.24, 2.45) is 7.05 Å². The van der Waals surface area contributed by atoms with Gasteiger partial charge in [-0.1, -0.05) is 41.9 Å². The van der Waals surface area contributed by atoms with E-state index in [1.54, 1.807) is 11.3 Å². The summed E-state index contributed by atoms with van der Waals surface area (Å²) >= 11 is 13.1. The van der Waals surface area contributed by atoms with E-state index in [2.05, 4.69) is 16.1 Å². The Hall–Kier alpha value is -1.47. The van der Waals surface area contributed by atoms with Crippen LogP contribution in [0.25, 0.3) is 11.4 Å². The summed E-state index contributed by atoms with van der Waals surface area (Å²) < 4.78 is 5.32. The Labute approximate surface area is 149 Å². The van der Waals surface area contributed by atoms with E-state index in [4.69, 9.17) is 23.8 Å². The van der Waals surface area contributed by atoms with E-state index < -0.39 is 0 Å². The van der Waals surface area contributed by atoms with Crippen molar-refractivity contribution in [2.45, 2.75) is 13.2 Å². The summed E-state index contributed by atoms with van der Waals surface area (Å²) in [6.45, 7) is 1.45. The molecule has 0 radical (unpaired) electrons. The number of thiophene rings is 1. The SMILES string of the molecule is CN(Cc1ccc(Cl)s1)Cn1nc(-c2ccccc2)n(C)c1=S. The van der Waals surface area contributed by atoms with Crippen LogP contribution in [0.15, 0.2) is 42.5 Å². The molecule has 0 saturated heterocycles. The van der Waals surface area contributed by atoms with Crippen molar-refractivity contribution in [1.29, 1.82) is 0 Å². The fourth-order valence-electron chi connectivity index (χ4n) is 2.40. The lowest BCUT2D eigenvalue weighted by molar-refractivity contribution is 0.246. The lowest BCUT2D eigenvalue weighted by Gasteiger charge is -2.15. The van der Waals surface area contributed by atoms with Gasteiger partial charge in [-0.3, -0.25) is 4.90 Å². The first-order valence-corrected chi connectivity index (χ1v) is 8.77. The minimum atomic E-state index is 0.634. The quantitative estimate of drug-likeness (QED) is 0.627. The van der Waals surface area contributed by atoms with Gasteiger partial charge in [-0.2, -0.15) is 5.10 Å². The van der Waals surface area contributed by atoms with Gasteiger partial charge in [-0.25, -0.2) is 4.68 Å². The van der Waals surface area contributed by atoms with Gasteiger partial charge in [-0.05, 0) is 31.4 Å². The highest BCUT2D eigenvalue weighted by Crippen LogP contribution is 2.22. The van der Waals surface area contributed by atoms with E-state index in [0.29, 0.717) is 11.4 Å². The molecule has 7 heteroatoms. The topological polar surface area (TPSA) is 26.0 Å². The zero-order valence-corrected chi connectivity index (χ0v) is 15.3. The molecule has 120 valence electrons. The van der Waals surface area contributed by atoms with Crippen LogP contribution in [0.2, 0.25) is 4.34 Å². The molecule has 3 aromatic rings. The summed E-state index contributed by atoms with van der Waals surface area (Å²) in [6, 6.07) is 14.1. The maximum atomic E-state index is 5.98. The van der Waals surface area contributed by atoms with Crippen molar-refractivity contribution < 1.29 is 0 Å². The number of hydrogen-bond acceptors (Lipinski definition) is 4. The van der Waals surface area contributed by atoms with Crippen molar-refractivity contribution in [3.8, 4) is 11.4 Å². The van der Waals surface area contributed by atoms with E-state index in [9.17, 15) is 0 Å². The molecule has 2 heterocycles. The fourth-order valence-corrected chi connectivity index (χ4v) is 3.75. The molecular weight excluding hydrogens is 348 g/mol. The molecule has 0 unspecified atom stereocenters. The summed E-state index contributed by atoms with van der Waals surface area (Å²) in [7, 11) is 4.00. The van der Waals surface area contributed by atoms with Crippen LogP contribution in [0.3, 0.4) is 0 Å². The number of halogens is 1. The first-order valence-electron chi connectivity index (χ1n) is 7.16. The van der Waals surface area contributed by atoms with Crippen molar-refractivity contribution in [2.75, 3.05) is 7.05 Å². The number of benzene rings is 1. The first-order chi connectivity index (χ1) is 11.0. The minimum Gasteiger partial charge on any atom is -0.303 e. The highest BCUT2D eigenvalue weighted by molar-refractivity contribution is 7.71. The molecule has 3 rings (SSSR count). The smallest absolute Gasteiger partial charge is 0.199 e. The summed E-state index contributed by atoms with van der Waals surface area (Å²) in [4.78, 5) is 3.39. The van der Waals surface area contributed by atoms with E-state index >= 15 is 0 Å². The Bertz CT molecular complexity index is 851. The molecule has 2 aromatic heterocycles. The van der Waals surface area contributed by atoms with Gasteiger partial charge in [0.2, 0.25) is 0 Å². The maximum Gasteiger partial charge on any atom is 0.199 e. The van der Waals surface area contributed by atoms with E-state index in [0.717, 1.165) is 22.3 Å². The van der Waals surface area contributed by atoms with Crippen molar-refractivity contribution in [3.63, 3.8) is 0 Å². The Morgan fingerprint density at radius 3 is 2.61 bits per heavy atom. The van der Waals surface area contributed by atoms with Crippen LogP contribution < -0.4 is 0 Å².